The number of amides is 1. The van der Waals surface area contributed by atoms with Crippen molar-refractivity contribution in [2.45, 2.75) is 51.1 Å². The minimum absolute atomic E-state index is 0.0642. The predicted molar refractivity (Wildman–Crippen MR) is 51.1 cm³/mol. The molecule has 74 valence electrons. The van der Waals surface area contributed by atoms with Crippen LogP contribution in [0.5, 0.6) is 0 Å². The maximum absolute atomic E-state index is 11.6. The van der Waals surface area contributed by atoms with E-state index in [1.165, 1.54) is 0 Å². The Balaban J connectivity index is 1.86. The van der Waals surface area contributed by atoms with E-state index in [9.17, 15) is 4.79 Å². The molecular formula is C10H18N2O. The molecule has 1 atom stereocenters. The Kier molecular flexibility index (Phi) is 1.71. The molecule has 0 aromatic carbocycles. The molecule has 3 heteroatoms. The Morgan fingerprint density at radius 1 is 1.46 bits per heavy atom. The molecule has 0 radical (unpaired) electrons. The highest BCUT2D eigenvalue weighted by molar-refractivity contribution is 5.87. The average Bonchev–Trinajstić information content (AvgIpc) is 2.53. The summed E-state index contributed by atoms with van der Waals surface area (Å²) in [6.07, 6.45) is 3.89. The molecule has 2 saturated carbocycles. The Labute approximate surface area is 79.1 Å². The van der Waals surface area contributed by atoms with Crippen LogP contribution in [0.4, 0.5) is 0 Å². The van der Waals surface area contributed by atoms with E-state index in [4.69, 9.17) is 5.73 Å². The highest BCUT2D eigenvalue weighted by Crippen LogP contribution is 2.45. The maximum atomic E-state index is 11.6. The molecule has 2 rings (SSSR count). The van der Waals surface area contributed by atoms with Crippen LogP contribution in [0.2, 0.25) is 0 Å². The molecule has 2 aliphatic carbocycles. The fraction of sp³-hybridized carbons (Fsp3) is 0.900. The zero-order valence-electron chi connectivity index (χ0n) is 8.39. The predicted octanol–water partition coefficient (Wildman–Crippen LogP) is 0.782. The van der Waals surface area contributed by atoms with Crippen molar-refractivity contribution in [2.24, 2.45) is 11.1 Å². The van der Waals surface area contributed by atoms with Gasteiger partial charge in [0.15, 0.2) is 0 Å². The molecule has 3 N–H and O–H groups in total. The zero-order chi connectivity index (χ0) is 9.69. The second-order valence-corrected chi connectivity index (χ2v) is 5.23. The van der Waals surface area contributed by atoms with Crippen LogP contribution in [-0.4, -0.2) is 17.5 Å². The van der Waals surface area contributed by atoms with Gasteiger partial charge in [-0.1, -0.05) is 13.8 Å². The molecule has 2 fully saturated rings. The summed E-state index contributed by atoms with van der Waals surface area (Å²) in [5.74, 6) is 0.0642. The average molecular weight is 182 g/mol. The number of carbonyl (C=O) groups excluding carboxylic acids is 1. The molecule has 0 saturated heterocycles. The number of rotatable bonds is 2. The van der Waals surface area contributed by atoms with E-state index >= 15 is 0 Å². The van der Waals surface area contributed by atoms with Crippen LogP contribution in [0.1, 0.15) is 39.5 Å². The van der Waals surface area contributed by atoms with E-state index in [0.29, 0.717) is 11.5 Å². The van der Waals surface area contributed by atoms with Gasteiger partial charge in [0.25, 0.3) is 0 Å². The number of carbonyl (C=O) groups is 1. The van der Waals surface area contributed by atoms with Gasteiger partial charge in [0, 0.05) is 6.04 Å². The van der Waals surface area contributed by atoms with Gasteiger partial charge >= 0.3 is 0 Å². The van der Waals surface area contributed by atoms with Crippen LogP contribution in [-0.2, 0) is 4.79 Å². The van der Waals surface area contributed by atoms with Crippen molar-refractivity contribution in [3.05, 3.63) is 0 Å². The van der Waals surface area contributed by atoms with Crippen molar-refractivity contribution >= 4 is 5.91 Å². The van der Waals surface area contributed by atoms with Gasteiger partial charge in [0.05, 0.1) is 5.54 Å². The standard InChI is InChI=1S/C10H18N2O/c1-9(2)6-7(9)12-8(13)10(11)4-3-5-10/h7H,3-6,11H2,1-2H3,(H,12,13). The minimum atomic E-state index is -0.529. The molecule has 3 nitrogen and oxygen atoms in total. The summed E-state index contributed by atoms with van der Waals surface area (Å²) in [6, 6.07) is 0.362. The minimum Gasteiger partial charge on any atom is -0.351 e. The third-order valence-electron chi connectivity index (χ3n) is 3.52. The number of hydrogen-bond acceptors (Lipinski definition) is 2. The van der Waals surface area contributed by atoms with Crippen molar-refractivity contribution in [1.82, 2.24) is 5.32 Å². The van der Waals surface area contributed by atoms with Crippen LogP contribution in [0.15, 0.2) is 0 Å². The molecule has 0 heterocycles. The van der Waals surface area contributed by atoms with Crippen molar-refractivity contribution in [1.29, 1.82) is 0 Å². The van der Waals surface area contributed by atoms with Crippen LogP contribution in [0.3, 0.4) is 0 Å². The van der Waals surface area contributed by atoms with Crippen LogP contribution >= 0.6 is 0 Å². The van der Waals surface area contributed by atoms with Gasteiger partial charge in [0.1, 0.15) is 0 Å². The third-order valence-corrected chi connectivity index (χ3v) is 3.52. The Hall–Kier alpha value is -0.570. The summed E-state index contributed by atoms with van der Waals surface area (Å²) >= 11 is 0. The molecule has 1 unspecified atom stereocenters. The number of nitrogens with one attached hydrogen (secondary N) is 1. The lowest BCUT2D eigenvalue weighted by Crippen LogP contribution is -2.59. The van der Waals surface area contributed by atoms with Gasteiger partial charge in [0.2, 0.25) is 5.91 Å². The van der Waals surface area contributed by atoms with Crippen LogP contribution in [0, 0.1) is 5.41 Å². The summed E-state index contributed by atoms with van der Waals surface area (Å²) < 4.78 is 0. The van der Waals surface area contributed by atoms with E-state index in [0.717, 1.165) is 25.7 Å². The second kappa shape index (κ2) is 2.47. The highest BCUT2D eigenvalue weighted by Gasteiger charge is 2.49. The van der Waals surface area contributed by atoms with Gasteiger partial charge < -0.3 is 11.1 Å². The Morgan fingerprint density at radius 3 is 2.31 bits per heavy atom. The molecular weight excluding hydrogens is 164 g/mol. The summed E-state index contributed by atoms with van der Waals surface area (Å²) in [4.78, 5) is 11.6. The SMILES string of the molecule is CC1(C)CC1NC(=O)C1(N)CCC1. The largest absolute Gasteiger partial charge is 0.351 e. The first-order chi connectivity index (χ1) is 5.94. The first-order valence-corrected chi connectivity index (χ1v) is 5.04. The fourth-order valence-corrected chi connectivity index (χ4v) is 1.80. The lowest BCUT2D eigenvalue weighted by molar-refractivity contribution is -0.129. The monoisotopic (exact) mass is 182 g/mol. The molecule has 0 aromatic rings. The van der Waals surface area contributed by atoms with Crippen molar-refractivity contribution in [3.63, 3.8) is 0 Å². The quantitative estimate of drug-likeness (QED) is 0.663. The van der Waals surface area contributed by atoms with Crippen molar-refractivity contribution in [3.8, 4) is 0 Å². The molecule has 0 aromatic heterocycles. The van der Waals surface area contributed by atoms with E-state index in [-0.39, 0.29) is 5.91 Å². The molecule has 0 aliphatic heterocycles. The van der Waals surface area contributed by atoms with Crippen molar-refractivity contribution < 1.29 is 4.79 Å². The topological polar surface area (TPSA) is 55.1 Å². The normalized spacial score (nSPS) is 33.3. The van der Waals surface area contributed by atoms with Gasteiger partial charge in [-0.3, -0.25) is 4.79 Å². The lowest BCUT2D eigenvalue weighted by Gasteiger charge is -2.36. The Bertz CT molecular complexity index is 243. The van der Waals surface area contributed by atoms with Crippen LogP contribution < -0.4 is 11.1 Å². The summed E-state index contributed by atoms with van der Waals surface area (Å²) in [5, 5.41) is 3.02. The number of nitrogens with two attached hydrogens (primary N) is 1. The Morgan fingerprint density at radius 2 is 2.00 bits per heavy atom. The van der Waals surface area contributed by atoms with Crippen LogP contribution in [0.25, 0.3) is 0 Å². The molecule has 0 bridgehead atoms. The van der Waals surface area contributed by atoms with E-state index in [2.05, 4.69) is 19.2 Å². The highest BCUT2D eigenvalue weighted by atomic mass is 16.2. The zero-order valence-corrected chi connectivity index (χ0v) is 8.39. The van der Waals surface area contributed by atoms with Gasteiger partial charge in [-0.25, -0.2) is 0 Å². The molecule has 1 amide bonds. The van der Waals surface area contributed by atoms with Gasteiger partial charge in [-0.05, 0) is 31.1 Å². The van der Waals surface area contributed by atoms with Gasteiger partial charge in [-0.15, -0.1) is 0 Å². The summed E-state index contributed by atoms with van der Waals surface area (Å²) in [5.41, 5.74) is 5.67. The second-order valence-electron chi connectivity index (χ2n) is 5.23. The first-order valence-electron chi connectivity index (χ1n) is 5.04. The third kappa shape index (κ3) is 1.46. The van der Waals surface area contributed by atoms with E-state index in [1.54, 1.807) is 0 Å². The van der Waals surface area contributed by atoms with Crippen molar-refractivity contribution in [2.75, 3.05) is 0 Å². The smallest absolute Gasteiger partial charge is 0.240 e. The first kappa shape index (κ1) is 9.00. The molecule has 13 heavy (non-hydrogen) atoms. The fourth-order valence-electron chi connectivity index (χ4n) is 1.80. The summed E-state index contributed by atoms with van der Waals surface area (Å²) in [7, 11) is 0. The molecule has 2 aliphatic rings. The number of hydrogen-bond donors (Lipinski definition) is 2. The molecule has 0 spiro atoms. The summed E-state index contributed by atoms with van der Waals surface area (Å²) in [6.45, 7) is 4.34. The lowest BCUT2D eigenvalue weighted by atomic mass is 9.77. The van der Waals surface area contributed by atoms with E-state index < -0.39 is 5.54 Å². The maximum Gasteiger partial charge on any atom is 0.240 e. The van der Waals surface area contributed by atoms with Gasteiger partial charge in [-0.2, -0.15) is 0 Å². The van der Waals surface area contributed by atoms with E-state index in [1.807, 2.05) is 0 Å².